The number of likely N-dealkylation sites (tertiary alicyclic amines) is 2. The molecular weight excluding hydrogens is 348 g/mol. The summed E-state index contributed by atoms with van der Waals surface area (Å²) in [6.45, 7) is 14.0. The summed E-state index contributed by atoms with van der Waals surface area (Å²) >= 11 is 0. The quantitative estimate of drug-likeness (QED) is 0.462. The van der Waals surface area contributed by atoms with Crippen LogP contribution in [-0.4, -0.2) is 71.6 Å². The van der Waals surface area contributed by atoms with E-state index in [1.54, 1.807) is 0 Å². The molecule has 2 aliphatic heterocycles. The van der Waals surface area contributed by atoms with E-state index >= 15 is 0 Å². The van der Waals surface area contributed by atoms with E-state index in [2.05, 4.69) is 56.6 Å². The van der Waals surface area contributed by atoms with Gasteiger partial charge in [0.1, 0.15) is 0 Å². The number of imidazole rings is 1. The van der Waals surface area contributed by atoms with Crippen LogP contribution in [0.25, 0.3) is 0 Å². The molecule has 4 atom stereocenters. The van der Waals surface area contributed by atoms with Gasteiger partial charge >= 0.3 is 0 Å². The highest BCUT2D eigenvalue weighted by Gasteiger charge is 2.28. The number of piperidine rings is 2. The number of unbranched alkanes of at least 4 members (excludes halogenated alkanes) is 1. The van der Waals surface area contributed by atoms with E-state index in [0.717, 1.165) is 37.4 Å². The van der Waals surface area contributed by atoms with Gasteiger partial charge in [0.25, 0.3) is 0 Å². The number of nitrogens with zero attached hydrogens (tertiary/aromatic N) is 5. The van der Waals surface area contributed by atoms with Crippen LogP contribution in [0.5, 0.6) is 0 Å². The molecule has 0 bridgehead atoms. The van der Waals surface area contributed by atoms with Crippen molar-refractivity contribution >= 4 is 5.96 Å². The first-order valence-electron chi connectivity index (χ1n) is 11.2. The first kappa shape index (κ1) is 21.2. The van der Waals surface area contributed by atoms with Crippen LogP contribution in [-0.2, 0) is 0 Å². The Bertz CT molecular complexity index is 588. The third-order valence-corrected chi connectivity index (χ3v) is 6.47. The summed E-state index contributed by atoms with van der Waals surface area (Å²) in [7, 11) is 1.91. The Kier molecular flexibility index (Phi) is 7.77. The lowest BCUT2D eigenvalue weighted by Crippen LogP contribution is -2.49. The van der Waals surface area contributed by atoms with Crippen molar-refractivity contribution in [1.29, 1.82) is 0 Å². The van der Waals surface area contributed by atoms with Crippen molar-refractivity contribution in [2.24, 2.45) is 22.7 Å². The summed E-state index contributed by atoms with van der Waals surface area (Å²) in [4.78, 5) is 13.9. The largest absolute Gasteiger partial charge is 0.356 e. The van der Waals surface area contributed by atoms with Gasteiger partial charge in [-0.05, 0) is 50.0 Å². The average Bonchev–Trinajstić information content (AvgIpc) is 3.19. The van der Waals surface area contributed by atoms with E-state index in [-0.39, 0.29) is 0 Å². The molecule has 0 spiro atoms. The number of aliphatic imine (C=N–C) groups is 1. The summed E-state index contributed by atoms with van der Waals surface area (Å²) in [5.74, 6) is 3.42. The van der Waals surface area contributed by atoms with Gasteiger partial charge in [0.15, 0.2) is 5.96 Å². The van der Waals surface area contributed by atoms with Crippen molar-refractivity contribution in [2.75, 3.05) is 46.3 Å². The van der Waals surface area contributed by atoms with Gasteiger partial charge in [0.05, 0.1) is 12.4 Å². The Morgan fingerprint density at radius 2 is 1.93 bits per heavy atom. The average molecular weight is 389 g/mol. The van der Waals surface area contributed by atoms with Crippen LogP contribution in [0.15, 0.2) is 23.7 Å². The number of hydrogen-bond donors (Lipinski definition) is 1. The van der Waals surface area contributed by atoms with Crippen molar-refractivity contribution in [1.82, 2.24) is 24.7 Å². The smallest absolute Gasteiger partial charge is 0.193 e. The van der Waals surface area contributed by atoms with Crippen LogP contribution in [0.2, 0.25) is 0 Å². The molecule has 0 saturated carbocycles. The molecule has 6 nitrogen and oxygen atoms in total. The van der Waals surface area contributed by atoms with Crippen LogP contribution in [0.1, 0.15) is 52.5 Å². The van der Waals surface area contributed by atoms with Crippen LogP contribution in [0.3, 0.4) is 0 Å². The van der Waals surface area contributed by atoms with E-state index in [0.29, 0.717) is 12.0 Å². The number of nitrogens with one attached hydrogen (secondary N) is 1. The molecule has 2 aliphatic rings. The molecule has 3 rings (SSSR count). The highest BCUT2D eigenvalue weighted by atomic mass is 15.3. The second-order valence-corrected chi connectivity index (χ2v) is 9.18. The van der Waals surface area contributed by atoms with Gasteiger partial charge in [-0.3, -0.25) is 4.99 Å². The summed E-state index contributed by atoms with van der Waals surface area (Å²) < 4.78 is 2.25. The Morgan fingerprint density at radius 1 is 1.14 bits per heavy atom. The minimum Gasteiger partial charge on any atom is -0.356 e. The van der Waals surface area contributed by atoms with Crippen LogP contribution in [0, 0.1) is 17.8 Å². The minimum absolute atomic E-state index is 0.470. The molecule has 0 aliphatic carbocycles. The van der Waals surface area contributed by atoms with Gasteiger partial charge in [-0.15, -0.1) is 0 Å². The molecule has 158 valence electrons. The molecule has 3 heterocycles. The van der Waals surface area contributed by atoms with E-state index in [1.807, 2.05) is 19.6 Å². The Balaban J connectivity index is 1.39. The van der Waals surface area contributed by atoms with E-state index in [4.69, 9.17) is 0 Å². The van der Waals surface area contributed by atoms with E-state index in [9.17, 15) is 0 Å². The Hall–Kier alpha value is -1.56. The van der Waals surface area contributed by atoms with Gasteiger partial charge in [-0.25, -0.2) is 4.98 Å². The predicted molar refractivity (Wildman–Crippen MR) is 117 cm³/mol. The lowest BCUT2D eigenvalue weighted by molar-refractivity contribution is 0.139. The molecule has 1 aromatic rings. The van der Waals surface area contributed by atoms with Crippen LogP contribution in [0.4, 0.5) is 0 Å². The molecule has 1 N–H and O–H groups in total. The van der Waals surface area contributed by atoms with Gasteiger partial charge in [-0.2, -0.15) is 0 Å². The Labute approximate surface area is 171 Å². The molecule has 0 aromatic carbocycles. The maximum Gasteiger partial charge on any atom is 0.193 e. The zero-order chi connectivity index (χ0) is 19.9. The zero-order valence-corrected chi connectivity index (χ0v) is 18.3. The molecule has 0 radical (unpaired) electrons. The maximum absolute atomic E-state index is 4.56. The zero-order valence-electron chi connectivity index (χ0n) is 18.3. The lowest BCUT2D eigenvalue weighted by Gasteiger charge is -2.39. The van der Waals surface area contributed by atoms with Crippen LogP contribution < -0.4 is 5.32 Å². The highest BCUT2D eigenvalue weighted by Crippen LogP contribution is 2.27. The van der Waals surface area contributed by atoms with Crippen LogP contribution >= 0.6 is 0 Å². The van der Waals surface area contributed by atoms with Crippen molar-refractivity contribution in [3.05, 3.63) is 18.7 Å². The number of aromatic nitrogens is 2. The van der Waals surface area contributed by atoms with Crippen molar-refractivity contribution < 1.29 is 0 Å². The second kappa shape index (κ2) is 10.3. The SMILES string of the molecule is CN=C(NCCCCN1CC(C)CC(C)C1)N1CCC(C)C(n2ccnc2)C1. The fourth-order valence-electron chi connectivity index (χ4n) is 5.06. The van der Waals surface area contributed by atoms with Crippen molar-refractivity contribution in [3.63, 3.8) is 0 Å². The monoisotopic (exact) mass is 388 g/mol. The van der Waals surface area contributed by atoms with E-state index < -0.39 is 0 Å². The van der Waals surface area contributed by atoms with Gasteiger partial charge in [-0.1, -0.05) is 20.8 Å². The highest BCUT2D eigenvalue weighted by molar-refractivity contribution is 5.80. The number of rotatable bonds is 6. The molecular formula is C22H40N6. The molecule has 2 fully saturated rings. The van der Waals surface area contributed by atoms with Gasteiger partial charge < -0.3 is 19.7 Å². The van der Waals surface area contributed by atoms with Gasteiger partial charge in [0.2, 0.25) is 0 Å². The van der Waals surface area contributed by atoms with E-state index in [1.165, 1.54) is 45.3 Å². The third kappa shape index (κ3) is 5.72. The topological polar surface area (TPSA) is 48.7 Å². The number of hydrogen-bond acceptors (Lipinski definition) is 3. The number of guanidine groups is 1. The standard InChI is InChI=1S/C22H40N6/c1-18-13-19(2)15-26(14-18)10-6-5-8-25-22(23-4)27-11-7-20(3)21(16-27)28-12-9-24-17-28/h9,12,17-21H,5-8,10-11,13-16H2,1-4H3,(H,23,25). The first-order valence-corrected chi connectivity index (χ1v) is 11.2. The predicted octanol–water partition coefficient (Wildman–Crippen LogP) is 3.10. The maximum atomic E-state index is 4.56. The third-order valence-electron chi connectivity index (χ3n) is 6.47. The molecule has 4 unspecified atom stereocenters. The molecule has 28 heavy (non-hydrogen) atoms. The summed E-state index contributed by atoms with van der Waals surface area (Å²) in [6, 6.07) is 0.470. The fourth-order valence-corrected chi connectivity index (χ4v) is 5.06. The molecule has 2 saturated heterocycles. The first-order chi connectivity index (χ1) is 13.6. The molecule has 0 amide bonds. The minimum atomic E-state index is 0.470. The molecule has 6 heteroatoms. The summed E-state index contributed by atoms with van der Waals surface area (Å²) in [5.41, 5.74) is 0. The Morgan fingerprint density at radius 3 is 2.61 bits per heavy atom. The second-order valence-electron chi connectivity index (χ2n) is 9.18. The lowest BCUT2D eigenvalue weighted by atomic mass is 9.92. The summed E-state index contributed by atoms with van der Waals surface area (Å²) in [5, 5.41) is 3.61. The van der Waals surface area contributed by atoms with Crippen molar-refractivity contribution in [3.8, 4) is 0 Å². The fraction of sp³-hybridized carbons (Fsp3) is 0.818. The van der Waals surface area contributed by atoms with Crippen molar-refractivity contribution in [2.45, 2.75) is 52.5 Å². The van der Waals surface area contributed by atoms with Gasteiger partial charge in [0, 0.05) is 52.2 Å². The molecule has 1 aromatic heterocycles. The summed E-state index contributed by atoms with van der Waals surface area (Å²) in [6.07, 6.45) is 11.0. The normalized spacial score (nSPS) is 29.9.